The van der Waals surface area contributed by atoms with Crippen molar-refractivity contribution in [2.45, 2.75) is 12.8 Å². The molecular formula is C17H21ClN4OS. The van der Waals surface area contributed by atoms with E-state index in [-0.39, 0.29) is 0 Å². The number of hydrogen-bond acceptors (Lipinski definition) is 5. The molecular weight excluding hydrogens is 344 g/mol. The molecule has 7 heteroatoms. The zero-order chi connectivity index (χ0) is 17.2. The molecule has 0 spiro atoms. The van der Waals surface area contributed by atoms with Gasteiger partial charge in [0.15, 0.2) is 0 Å². The minimum atomic E-state index is -1.83. The Balaban J connectivity index is 1.69. The predicted molar refractivity (Wildman–Crippen MR) is 103 cm³/mol. The number of pyridine rings is 2. The highest BCUT2D eigenvalue weighted by Crippen LogP contribution is 2.28. The second kappa shape index (κ2) is 6.99. The van der Waals surface area contributed by atoms with E-state index in [2.05, 4.69) is 21.2 Å². The lowest BCUT2D eigenvalue weighted by atomic mass is 10.0. The Morgan fingerprint density at radius 1 is 1.38 bits per heavy atom. The van der Waals surface area contributed by atoms with Gasteiger partial charge >= 0.3 is 0 Å². The Hall–Kier alpha value is -1.79. The van der Waals surface area contributed by atoms with Gasteiger partial charge in [-0.15, -0.1) is 0 Å². The largest absolute Gasteiger partial charge is 0.384 e. The summed E-state index contributed by atoms with van der Waals surface area (Å²) >= 11 is 6.20. The Morgan fingerprint density at radius 2 is 2.12 bits per heavy atom. The van der Waals surface area contributed by atoms with Gasteiger partial charge in [-0.25, -0.2) is 9.97 Å². The lowest BCUT2D eigenvalue weighted by molar-refractivity contribution is 0.503. The van der Waals surface area contributed by atoms with Crippen molar-refractivity contribution in [1.82, 2.24) is 9.97 Å². The summed E-state index contributed by atoms with van der Waals surface area (Å²) in [4.78, 5) is 8.58. The van der Waals surface area contributed by atoms with Gasteiger partial charge in [0.25, 0.3) is 0 Å². The van der Waals surface area contributed by atoms with Gasteiger partial charge in [-0.3, -0.25) is 4.21 Å². The van der Waals surface area contributed by atoms with Crippen molar-refractivity contribution in [3.63, 3.8) is 0 Å². The van der Waals surface area contributed by atoms with Gasteiger partial charge in [-0.1, -0.05) is 17.7 Å². The number of hydrogen-bond donors (Lipinski definition) is 2. The van der Waals surface area contributed by atoms with Crippen LogP contribution in [0.4, 0.5) is 11.6 Å². The monoisotopic (exact) mass is 364 g/mol. The first kappa shape index (κ1) is 17.0. The highest BCUT2D eigenvalue weighted by Gasteiger charge is 2.19. The molecule has 128 valence electrons. The Morgan fingerprint density at radius 3 is 2.88 bits per heavy atom. The van der Waals surface area contributed by atoms with Gasteiger partial charge in [0.2, 0.25) is 0 Å². The predicted octanol–water partition coefficient (Wildman–Crippen LogP) is 2.92. The standard InChI is InChI=1S/C17H21ClN4OS/c1-24(23)7-5-12(6-8-24)10-21-17-4-2-3-15(22-17)13-9-16(19)20-11-14(13)18/h2-4,9,11-12H,1,5-8,10H2,(H2,19,20)(H,21,22). The van der Waals surface area contributed by atoms with E-state index in [0.717, 1.165) is 48.0 Å². The summed E-state index contributed by atoms with van der Waals surface area (Å²) in [7, 11) is -1.83. The summed E-state index contributed by atoms with van der Waals surface area (Å²) in [6.45, 7) is 0.818. The van der Waals surface area contributed by atoms with Crippen LogP contribution in [0.2, 0.25) is 5.02 Å². The van der Waals surface area contributed by atoms with E-state index in [4.69, 9.17) is 17.3 Å². The van der Waals surface area contributed by atoms with Crippen LogP contribution in [0.15, 0.2) is 30.5 Å². The lowest BCUT2D eigenvalue weighted by Crippen LogP contribution is -2.27. The fourth-order valence-corrected chi connectivity index (χ4v) is 4.73. The number of nitrogens with one attached hydrogen (secondary N) is 1. The van der Waals surface area contributed by atoms with Crippen LogP contribution in [-0.4, -0.2) is 38.1 Å². The number of nitrogen functional groups attached to an aromatic ring is 1. The third-order valence-corrected chi connectivity index (χ3v) is 6.53. The summed E-state index contributed by atoms with van der Waals surface area (Å²) in [5, 5.41) is 3.89. The van der Waals surface area contributed by atoms with E-state index < -0.39 is 9.52 Å². The minimum absolute atomic E-state index is 0.411. The van der Waals surface area contributed by atoms with Crippen LogP contribution in [0.3, 0.4) is 0 Å². The number of nitrogens with two attached hydrogens (primary N) is 1. The zero-order valence-electron chi connectivity index (χ0n) is 13.4. The molecule has 0 atom stereocenters. The van der Waals surface area contributed by atoms with Gasteiger partial charge in [0, 0.05) is 29.8 Å². The molecule has 3 heterocycles. The van der Waals surface area contributed by atoms with Crippen LogP contribution in [0, 0.1) is 5.92 Å². The Bertz CT molecular complexity index is 824. The smallest absolute Gasteiger partial charge is 0.126 e. The average molecular weight is 365 g/mol. The lowest BCUT2D eigenvalue weighted by Gasteiger charge is -2.24. The molecule has 0 saturated carbocycles. The van der Waals surface area contributed by atoms with E-state index in [1.807, 2.05) is 18.2 Å². The molecule has 3 N–H and O–H groups in total. The Kier molecular flexibility index (Phi) is 4.96. The quantitative estimate of drug-likeness (QED) is 0.815. The fraction of sp³-hybridized carbons (Fsp3) is 0.353. The molecule has 0 radical (unpaired) electrons. The molecule has 1 saturated heterocycles. The van der Waals surface area contributed by atoms with E-state index in [1.54, 1.807) is 6.07 Å². The maximum atomic E-state index is 11.9. The number of aromatic nitrogens is 2. The van der Waals surface area contributed by atoms with Gasteiger partial charge in [-0.2, -0.15) is 0 Å². The summed E-state index contributed by atoms with van der Waals surface area (Å²) in [5.41, 5.74) is 7.26. The number of rotatable bonds is 4. The summed E-state index contributed by atoms with van der Waals surface area (Å²) in [6, 6.07) is 7.47. The zero-order valence-corrected chi connectivity index (χ0v) is 14.9. The molecule has 5 nitrogen and oxygen atoms in total. The summed E-state index contributed by atoms with van der Waals surface area (Å²) in [5.74, 6) is 6.96. The van der Waals surface area contributed by atoms with Gasteiger partial charge in [0.05, 0.1) is 10.7 Å². The van der Waals surface area contributed by atoms with Crippen molar-refractivity contribution in [1.29, 1.82) is 0 Å². The first-order chi connectivity index (χ1) is 11.4. The van der Waals surface area contributed by atoms with E-state index in [0.29, 0.717) is 16.8 Å². The normalized spacial score (nSPS) is 23.8. The van der Waals surface area contributed by atoms with Crippen LogP contribution in [-0.2, 0) is 9.52 Å². The molecule has 1 aliphatic heterocycles. The highest BCUT2D eigenvalue weighted by molar-refractivity contribution is 8.00. The van der Waals surface area contributed by atoms with Crippen LogP contribution < -0.4 is 11.1 Å². The average Bonchev–Trinajstić information content (AvgIpc) is 2.56. The molecule has 1 aliphatic rings. The molecule has 2 aromatic rings. The number of nitrogens with zero attached hydrogens (tertiary/aromatic N) is 2. The second-order valence-electron chi connectivity index (χ2n) is 6.20. The molecule has 0 bridgehead atoms. The number of anilines is 2. The molecule has 2 aromatic heterocycles. The molecule has 3 rings (SSSR count). The van der Waals surface area contributed by atoms with Crippen LogP contribution in [0.5, 0.6) is 0 Å². The van der Waals surface area contributed by atoms with Crippen molar-refractivity contribution < 1.29 is 4.21 Å². The molecule has 0 amide bonds. The molecule has 0 aromatic carbocycles. The third-order valence-electron chi connectivity index (χ3n) is 4.27. The van der Waals surface area contributed by atoms with Crippen molar-refractivity contribution in [3.8, 4) is 11.3 Å². The molecule has 1 fully saturated rings. The first-order valence-corrected chi connectivity index (χ1v) is 10.3. The Labute approximate surface area is 147 Å². The van der Waals surface area contributed by atoms with Crippen molar-refractivity contribution in [3.05, 3.63) is 35.5 Å². The van der Waals surface area contributed by atoms with Gasteiger partial charge in [-0.05, 0) is 52.4 Å². The second-order valence-corrected chi connectivity index (χ2v) is 9.35. The minimum Gasteiger partial charge on any atom is -0.384 e. The van der Waals surface area contributed by atoms with Crippen molar-refractivity contribution in [2.24, 2.45) is 5.92 Å². The van der Waals surface area contributed by atoms with E-state index in [9.17, 15) is 4.21 Å². The first-order valence-electron chi connectivity index (χ1n) is 7.88. The molecule has 0 unspecified atom stereocenters. The molecule has 24 heavy (non-hydrogen) atoms. The van der Waals surface area contributed by atoms with Crippen molar-refractivity contribution in [2.75, 3.05) is 29.1 Å². The topological polar surface area (TPSA) is 80.9 Å². The summed E-state index contributed by atoms with van der Waals surface area (Å²) in [6.07, 6.45) is 3.43. The van der Waals surface area contributed by atoms with E-state index in [1.165, 1.54) is 6.20 Å². The highest BCUT2D eigenvalue weighted by atomic mass is 35.5. The van der Waals surface area contributed by atoms with Crippen LogP contribution >= 0.6 is 11.6 Å². The van der Waals surface area contributed by atoms with Gasteiger partial charge in [0.1, 0.15) is 11.6 Å². The number of halogens is 1. The van der Waals surface area contributed by atoms with Gasteiger partial charge < -0.3 is 11.1 Å². The van der Waals surface area contributed by atoms with E-state index >= 15 is 0 Å². The third kappa shape index (κ3) is 4.19. The van der Waals surface area contributed by atoms with Crippen molar-refractivity contribution >= 4 is 38.6 Å². The maximum Gasteiger partial charge on any atom is 0.126 e. The SMILES string of the molecule is C=S1(=O)CCC(CNc2cccc(-c3cc(N)ncc3Cl)n2)CC1. The van der Waals surface area contributed by atoms with Crippen LogP contribution in [0.25, 0.3) is 11.3 Å². The summed E-state index contributed by atoms with van der Waals surface area (Å²) < 4.78 is 11.9. The van der Waals surface area contributed by atoms with Crippen LogP contribution in [0.1, 0.15) is 12.8 Å². The maximum absolute atomic E-state index is 11.9. The fourth-order valence-electron chi connectivity index (χ4n) is 2.80. The molecule has 0 aliphatic carbocycles.